The Labute approximate surface area is 164 Å². The molecule has 0 aromatic carbocycles. The van der Waals surface area contributed by atoms with Crippen LogP contribution in [0.15, 0.2) is 12.1 Å². The Morgan fingerprint density at radius 3 is 2.93 bits per heavy atom. The van der Waals surface area contributed by atoms with Crippen molar-refractivity contribution < 1.29 is 19.0 Å². The van der Waals surface area contributed by atoms with Gasteiger partial charge in [-0.25, -0.2) is 0 Å². The Hall–Kier alpha value is -2.61. The number of carbonyl (C=O) groups excluding carboxylic acids is 1. The second-order valence-corrected chi connectivity index (χ2v) is 7.22. The maximum absolute atomic E-state index is 12.5. The number of rotatable bonds is 8. The summed E-state index contributed by atoms with van der Waals surface area (Å²) < 4.78 is 18.1. The maximum Gasteiger partial charge on any atom is 0.256 e. The van der Waals surface area contributed by atoms with Crippen LogP contribution >= 0.6 is 0 Å². The van der Waals surface area contributed by atoms with Crippen LogP contribution in [0.5, 0.6) is 11.8 Å². The lowest BCUT2D eigenvalue weighted by Crippen LogP contribution is -2.26. The summed E-state index contributed by atoms with van der Waals surface area (Å²) in [5.74, 6) is 1.20. The highest BCUT2D eigenvalue weighted by atomic mass is 16.5. The van der Waals surface area contributed by atoms with Crippen LogP contribution < -0.4 is 14.8 Å². The molecule has 1 aliphatic carbocycles. The topological polar surface area (TPSA) is 87.5 Å². The number of hydrogen-bond donors (Lipinski definition) is 1. The van der Waals surface area contributed by atoms with Gasteiger partial charge >= 0.3 is 0 Å². The van der Waals surface area contributed by atoms with Gasteiger partial charge in [0.05, 0.1) is 33.1 Å². The summed E-state index contributed by atoms with van der Waals surface area (Å²) in [6.07, 6.45) is 4.18. The molecule has 0 unspecified atom stereocenters. The number of methoxy groups -OCH3 is 2. The summed E-state index contributed by atoms with van der Waals surface area (Å²) in [5.41, 5.74) is 3.91. The van der Waals surface area contributed by atoms with Gasteiger partial charge in [0.2, 0.25) is 11.8 Å². The second kappa shape index (κ2) is 8.18. The van der Waals surface area contributed by atoms with Crippen molar-refractivity contribution in [3.8, 4) is 11.8 Å². The number of nitrogens with one attached hydrogen (secondary N) is 1. The third kappa shape index (κ3) is 3.96. The smallest absolute Gasteiger partial charge is 0.256 e. The molecule has 1 aliphatic heterocycles. The molecular formula is C20H26N4O4. The van der Waals surface area contributed by atoms with E-state index in [1.54, 1.807) is 12.1 Å². The highest BCUT2D eigenvalue weighted by Gasteiger charge is 2.27. The zero-order valence-corrected chi connectivity index (χ0v) is 16.4. The zero-order chi connectivity index (χ0) is 19.5. The van der Waals surface area contributed by atoms with Gasteiger partial charge < -0.3 is 19.5 Å². The SMILES string of the molecule is COc1ccc(C(=O)NCCc2nn(CC3CC3)c3c2COCC3)c(OC)n1. The highest BCUT2D eigenvalue weighted by Crippen LogP contribution is 2.32. The van der Waals surface area contributed by atoms with Crippen molar-refractivity contribution in [2.75, 3.05) is 27.4 Å². The second-order valence-electron chi connectivity index (χ2n) is 7.22. The number of amides is 1. The van der Waals surface area contributed by atoms with Crippen molar-refractivity contribution in [3.05, 3.63) is 34.6 Å². The molecule has 28 heavy (non-hydrogen) atoms. The molecule has 0 radical (unpaired) electrons. The average molecular weight is 386 g/mol. The fraction of sp³-hybridized carbons (Fsp3) is 0.550. The van der Waals surface area contributed by atoms with Crippen molar-refractivity contribution in [1.82, 2.24) is 20.1 Å². The molecule has 0 saturated heterocycles. The minimum atomic E-state index is -0.227. The Morgan fingerprint density at radius 2 is 2.18 bits per heavy atom. The molecule has 2 aromatic rings. The number of ether oxygens (including phenoxy) is 3. The summed E-state index contributed by atoms with van der Waals surface area (Å²) in [4.78, 5) is 16.7. The highest BCUT2D eigenvalue weighted by molar-refractivity contribution is 5.96. The number of aromatic nitrogens is 3. The van der Waals surface area contributed by atoms with E-state index < -0.39 is 0 Å². The fourth-order valence-corrected chi connectivity index (χ4v) is 3.53. The van der Waals surface area contributed by atoms with Gasteiger partial charge in [-0.15, -0.1) is 0 Å². The Balaban J connectivity index is 1.41. The molecule has 8 nitrogen and oxygen atoms in total. The van der Waals surface area contributed by atoms with Gasteiger partial charge in [-0.3, -0.25) is 9.48 Å². The van der Waals surface area contributed by atoms with Crippen molar-refractivity contribution in [2.45, 2.75) is 38.8 Å². The van der Waals surface area contributed by atoms with E-state index in [1.165, 1.54) is 38.3 Å². The van der Waals surface area contributed by atoms with E-state index in [9.17, 15) is 4.79 Å². The number of pyridine rings is 1. The summed E-state index contributed by atoms with van der Waals surface area (Å²) in [6.45, 7) is 2.85. The Kier molecular flexibility index (Phi) is 5.47. The standard InChI is InChI=1S/C20H26N4O4/c1-26-18-6-5-14(20(22-18)27-2)19(25)21-9-7-16-15-12-28-10-8-17(15)24(23-16)11-13-3-4-13/h5-6,13H,3-4,7-12H2,1-2H3,(H,21,25). The maximum atomic E-state index is 12.5. The van der Waals surface area contributed by atoms with E-state index in [4.69, 9.17) is 19.3 Å². The third-order valence-electron chi connectivity index (χ3n) is 5.24. The summed E-state index contributed by atoms with van der Waals surface area (Å²) in [5, 5.41) is 7.77. The first-order chi connectivity index (χ1) is 13.7. The molecule has 0 spiro atoms. The van der Waals surface area contributed by atoms with E-state index >= 15 is 0 Å². The zero-order valence-electron chi connectivity index (χ0n) is 16.4. The molecule has 1 fully saturated rings. The van der Waals surface area contributed by atoms with E-state index in [-0.39, 0.29) is 11.8 Å². The lowest BCUT2D eigenvalue weighted by Gasteiger charge is -2.15. The van der Waals surface area contributed by atoms with Crippen molar-refractivity contribution >= 4 is 5.91 Å². The molecular weight excluding hydrogens is 360 g/mol. The van der Waals surface area contributed by atoms with E-state index in [2.05, 4.69) is 15.0 Å². The average Bonchev–Trinajstić information content (AvgIpc) is 3.49. The summed E-state index contributed by atoms with van der Waals surface area (Å²) in [6, 6.07) is 3.30. The van der Waals surface area contributed by atoms with E-state index in [0.29, 0.717) is 31.0 Å². The molecule has 150 valence electrons. The molecule has 1 saturated carbocycles. The van der Waals surface area contributed by atoms with Crippen molar-refractivity contribution in [2.24, 2.45) is 5.92 Å². The summed E-state index contributed by atoms with van der Waals surface area (Å²) >= 11 is 0. The van der Waals surface area contributed by atoms with Gasteiger partial charge in [0.1, 0.15) is 5.56 Å². The van der Waals surface area contributed by atoms with Gasteiger partial charge in [0.25, 0.3) is 5.91 Å². The van der Waals surface area contributed by atoms with Crippen LogP contribution in [0.4, 0.5) is 0 Å². The van der Waals surface area contributed by atoms with Crippen molar-refractivity contribution in [1.29, 1.82) is 0 Å². The molecule has 4 rings (SSSR count). The van der Waals surface area contributed by atoms with Crippen LogP contribution in [0.3, 0.4) is 0 Å². The minimum absolute atomic E-state index is 0.227. The first-order valence-electron chi connectivity index (χ1n) is 9.72. The van der Waals surface area contributed by atoms with Crippen LogP contribution in [0.1, 0.15) is 40.2 Å². The molecule has 1 N–H and O–H groups in total. The van der Waals surface area contributed by atoms with Gasteiger partial charge in [-0.1, -0.05) is 0 Å². The minimum Gasteiger partial charge on any atom is -0.481 e. The van der Waals surface area contributed by atoms with Crippen LogP contribution in [0.25, 0.3) is 0 Å². The molecule has 1 amide bonds. The number of hydrogen-bond acceptors (Lipinski definition) is 6. The largest absolute Gasteiger partial charge is 0.481 e. The quantitative estimate of drug-likeness (QED) is 0.744. The van der Waals surface area contributed by atoms with E-state index in [1.807, 2.05) is 0 Å². The van der Waals surface area contributed by atoms with Gasteiger partial charge in [0.15, 0.2) is 0 Å². The lowest BCUT2D eigenvalue weighted by molar-refractivity contribution is 0.0950. The lowest BCUT2D eigenvalue weighted by atomic mass is 10.1. The molecule has 2 aliphatic rings. The van der Waals surface area contributed by atoms with Crippen LogP contribution in [0, 0.1) is 5.92 Å². The first kappa shape index (κ1) is 18.7. The molecule has 3 heterocycles. The van der Waals surface area contributed by atoms with Crippen LogP contribution in [-0.2, 0) is 30.7 Å². The third-order valence-corrected chi connectivity index (χ3v) is 5.24. The van der Waals surface area contributed by atoms with Gasteiger partial charge in [0, 0.05) is 43.3 Å². The van der Waals surface area contributed by atoms with Crippen LogP contribution in [-0.4, -0.2) is 48.0 Å². The van der Waals surface area contributed by atoms with E-state index in [0.717, 1.165) is 31.2 Å². The number of carbonyl (C=O) groups is 1. The summed E-state index contributed by atoms with van der Waals surface area (Å²) in [7, 11) is 3.01. The normalized spacial score (nSPS) is 15.8. The van der Waals surface area contributed by atoms with Crippen molar-refractivity contribution in [3.63, 3.8) is 0 Å². The monoisotopic (exact) mass is 386 g/mol. The van der Waals surface area contributed by atoms with Gasteiger partial charge in [-0.2, -0.15) is 10.1 Å². The predicted octanol–water partition coefficient (Wildman–Crippen LogP) is 1.75. The molecule has 2 aromatic heterocycles. The predicted molar refractivity (Wildman–Crippen MR) is 102 cm³/mol. The Bertz CT molecular complexity index is 860. The Morgan fingerprint density at radius 1 is 1.32 bits per heavy atom. The molecule has 8 heteroatoms. The molecule has 0 bridgehead atoms. The number of fused-ring (bicyclic) bond motifs is 1. The molecule has 0 atom stereocenters. The fourth-order valence-electron chi connectivity index (χ4n) is 3.53. The van der Waals surface area contributed by atoms with Crippen LogP contribution in [0.2, 0.25) is 0 Å². The van der Waals surface area contributed by atoms with Gasteiger partial charge in [-0.05, 0) is 24.8 Å². The number of nitrogens with zero attached hydrogens (tertiary/aromatic N) is 3. The first-order valence-corrected chi connectivity index (χ1v) is 9.72.